The van der Waals surface area contributed by atoms with E-state index in [2.05, 4.69) is 286 Å². The number of hydrogen-bond donors (Lipinski definition) is 9. The van der Waals surface area contributed by atoms with Gasteiger partial charge >= 0.3 is 16.5 Å². The van der Waals surface area contributed by atoms with Crippen LogP contribution in [0.15, 0.2) is 117 Å². The van der Waals surface area contributed by atoms with E-state index in [9.17, 15) is 4.79 Å². The minimum absolute atomic E-state index is 0. The Morgan fingerprint density at radius 3 is 1.14 bits per heavy atom. The van der Waals surface area contributed by atoms with E-state index in [0.717, 1.165) is 171 Å². The number of nitrogens with zero attached hydrogens (tertiary/aromatic N) is 13. The molecule has 0 aromatic carbocycles. The van der Waals surface area contributed by atoms with Gasteiger partial charge in [0.2, 0.25) is 0 Å². The second kappa shape index (κ2) is 55.8. The molecule has 7 aliphatic rings. The topological polar surface area (TPSA) is 387 Å². The molecule has 39 heteroatoms. The lowest BCUT2D eigenvalue weighted by Gasteiger charge is -2.46. The Bertz CT molecular complexity index is 5090. The predicted molar refractivity (Wildman–Crippen MR) is 548 cm³/mol. The highest BCUT2D eigenvalue weighted by Gasteiger charge is 2.43. The van der Waals surface area contributed by atoms with Crippen LogP contribution in [0.1, 0.15) is 158 Å². The van der Waals surface area contributed by atoms with E-state index in [-0.39, 0.29) is 56.4 Å². The lowest BCUT2D eigenvalue weighted by atomic mass is 9.87. The van der Waals surface area contributed by atoms with Crippen LogP contribution in [0, 0.1) is 5.41 Å². The van der Waals surface area contributed by atoms with Crippen LogP contribution in [0.4, 0.5) is 10.6 Å². The van der Waals surface area contributed by atoms with Gasteiger partial charge < -0.3 is 84.3 Å². The summed E-state index contributed by atoms with van der Waals surface area (Å²) < 4.78 is 69.0. The van der Waals surface area contributed by atoms with E-state index < -0.39 is 16.0 Å². The first kappa shape index (κ1) is 116. The average Bonchev–Trinajstić information content (AvgIpc) is 1.65. The molecule has 2 saturated heterocycles. The van der Waals surface area contributed by atoms with Crippen molar-refractivity contribution in [3.05, 3.63) is 162 Å². The maximum Gasteiger partial charge on any atom is 0.410 e. The number of likely N-dealkylation sites (N-methyl/N-ethyl adjacent to an activating group) is 4. The standard InChI is InChI=1S/C18H24BrN3O2.C14H18BrN3.2C13H16BrN3.C12H23NO2.C6H8BrN3.C5H3Br2N.C4H8O.C2H6O.CH6N2.CH2O.CH4.ClH.H2O4S/c1-18(2,3)24-17(23)21(4)11-6-8-14-13(10-11)12-7-9-15(19)20-16(12)22(14)5;1-17(2)9-4-6-12-11(8-9)10-5-7-13(15)16-14(10)18(12)3;2*1-15-8-3-5-11-10(7-8)9-4-6-12(14)16-13(9)17(11)2;1-11(2)8-14-12(15-9-11)6-4-10(13-3)5-7-12;1-10(8)6-4-2-3-5(7)9-6;6-4-2-1-3-5(7)8-4;1-2-4-5-3-1;1-2-3;2-1-3;1-2;;;1-5(2,3)4/h7,9,11H,6,8,10H2,1-5H3;5,7,9H,4,6,8H2,1-3H3;2*4,6,8,15H,3,5,7H2,1-2H3;10,13H,4-9H2,1-3H3;2-4H,8H2,1H3;1-3H;1-4H2;3H,2H2,1H3;1-3H2;1H2;1H4;1H;(H2,1,2,3,4). The highest BCUT2D eigenvalue weighted by atomic mass is 79.9. The molecule has 720 valence electrons. The monoisotopic (exact) mass is 2280 g/mol. The number of carbonyl (C=O) groups is 2. The van der Waals surface area contributed by atoms with Crippen molar-refractivity contribution in [2.24, 2.45) is 50.9 Å². The molecule has 12 heterocycles. The van der Waals surface area contributed by atoms with Gasteiger partial charge in [0, 0.05) is 162 Å². The van der Waals surface area contributed by atoms with Crippen LogP contribution in [0.25, 0.3) is 44.1 Å². The van der Waals surface area contributed by atoms with Gasteiger partial charge in [0.05, 0.1) is 13.2 Å². The van der Waals surface area contributed by atoms with Crippen molar-refractivity contribution in [2.45, 2.75) is 206 Å². The highest BCUT2D eigenvalue weighted by Crippen LogP contribution is 2.41. The Kier molecular flexibility index (Phi) is 50.3. The molecular weight excluding hydrogens is 2150 g/mol. The number of aliphatic hydroxyl groups is 1. The van der Waals surface area contributed by atoms with Gasteiger partial charge in [-0.3, -0.25) is 14.1 Å². The molecule has 2 aliphatic heterocycles. The smallest absolute Gasteiger partial charge is 0.410 e. The Balaban J connectivity index is 0.000000309. The van der Waals surface area contributed by atoms with Crippen LogP contribution >= 0.6 is 124 Å². The van der Waals surface area contributed by atoms with Crippen LogP contribution in [-0.2, 0) is 114 Å². The van der Waals surface area contributed by atoms with Gasteiger partial charge in [0.25, 0.3) is 0 Å². The number of rotatable bonds is 6. The van der Waals surface area contributed by atoms with Crippen molar-refractivity contribution in [1.82, 2.24) is 73.9 Å². The molecule has 10 aromatic heterocycles. The van der Waals surface area contributed by atoms with Gasteiger partial charge in [0.1, 0.15) is 73.0 Å². The quantitative estimate of drug-likeness (QED) is 0.0245. The first-order chi connectivity index (χ1) is 60.0. The maximum absolute atomic E-state index is 12.4. The number of aromatic nitrogens is 10. The van der Waals surface area contributed by atoms with Gasteiger partial charge in [-0.1, -0.05) is 33.4 Å². The van der Waals surface area contributed by atoms with Crippen LogP contribution in [-0.4, -0.2) is 224 Å². The number of aryl methyl sites for hydroxylation is 4. The zero-order chi connectivity index (χ0) is 94.4. The number of amides is 1. The molecule has 17 rings (SSSR count). The van der Waals surface area contributed by atoms with Gasteiger partial charge in [0.15, 0.2) is 5.79 Å². The summed E-state index contributed by atoms with van der Waals surface area (Å²) in [7, 11) is 17.9. The van der Waals surface area contributed by atoms with Gasteiger partial charge in [-0.15, -0.1) is 12.4 Å². The largest absolute Gasteiger partial charge is 0.444 e. The van der Waals surface area contributed by atoms with Crippen molar-refractivity contribution >= 4 is 197 Å². The fourth-order valence-electron chi connectivity index (χ4n) is 16.0. The molecule has 0 bridgehead atoms. The summed E-state index contributed by atoms with van der Waals surface area (Å²) in [5, 5.41) is 24.3. The summed E-state index contributed by atoms with van der Waals surface area (Å²) in [5.41, 5.74) is 24.7. The number of halogens is 8. The Morgan fingerprint density at radius 2 is 0.853 bits per heavy atom. The van der Waals surface area contributed by atoms with Crippen molar-refractivity contribution in [1.29, 1.82) is 0 Å². The molecule has 1 amide bonds. The molecule has 4 unspecified atom stereocenters. The summed E-state index contributed by atoms with van der Waals surface area (Å²) in [6, 6.07) is 30.7. The summed E-state index contributed by atoms with van der Waals surface area (Å²) in [4.78, 5) is 51.0. The molecule has 129 heavy (non-hydrogen) atoms. The first-order valence-corrected chi connectivity index (χ1v) is 49.4. The number of nitrogens with two attached hydrogens (primary N) is 3. The van der Waals surface area contributed by atoms with E-state index in [0.29, 0.717) is 24.2 Å². The number of nitrogens with one attached hydrogen (secondary N) is 3. The Labute approximate surface area is 828 Å². The highest BCUT2D eigenvalue weighted by molar-refractivity contribution is 9.11. The van der Waals surface area contributed by atoms with E-state index in [1.165, 1.54) is 104 Å². The van der Waals surface area contributed by atoms with E-state index in [1.807, 2.05) is 102 Å². The molecular formula is C90H137Br7ClN19O11S. The number of hydrazine groups is 1. The first-order valence-electron chi connectivity index (χ1n) is 42.4. The second-order valence-electron chi connectivity index (χ2n) is 33.5. The second-order valence-corrected chi connectivity index (χ2v) is 40.1. The molecule has 12 N–H and O–H groups in total. The number of pyridine rings is 6. The zero-order valence-corrected chi connectivity index (χ0v) is 89.5. The summed E-state index contributed by atoms with van der Waals surface area (Å²) in [6.07, 6.45) is 19.9. The molecule has 4 atom stereocenters. The fraction of sp³-hybridized carbons (Fsp3) is 0.556. The lowest BCUT2D eigenvalue weighted by Crippen LogP contribution is -2.51. The SMILES string of the molecule is Brc1cccc(Br)n1.C.C1CCOC1.C=O.CCO.CN(C(=O)OC(C)(C)C)C1CCc2c(c3ccc(Br)nc3n2C)C1.CN(C)C1CCc2c(c3ccc(Br)nc3n2C)C1.CN(N)c1cccc(Br)n1.CNC1CCC2(CC1)OCC(C)(C)CO2.CNC1CCc2c(c3ccc(Br)nc3n2C)C1.CNC1CCc2c(c3ccc(Br)nc3n2C)C1.Cl.NCN.O=S(=O)(O)O. The predicted octanol–water partition coefficient (Wildman–Crippen LogP) is 17.2. The fourth-order valence-corrected chi connectivity index (χ4v) is 18.5. The normalized spacial score (nSPS) is 17.7. The Morgan fingerprint density at radius 1 is 0.543 bits per heavy atom. The summed E-state index contributed by atoms with van der Waals surface area (Å²) in [6.45, 7) is 17.9. The average molecular weight is 2290 g/mol. The summed E-state index contributed by atoms with van der Waals surface area (Å²) >= 11 is 23.5. The van der Waals surface area contributed by atoms with Crippen LogP contribution in [0.5, 0.6) is 0 Å². The Hall–Kier alpha value is -5.12. The minimum Gasteiger partial charge on any atom is -0.444 e. The molecule has 5 aliphatic carbocycles. The van der Waals surface area contributed by atoms with E-state index in [1.54, 1.807) is 18.9 Å². The zero-order valence-electron chi connectivity index (χ0n) is 76.8. The van der Waals surface area contributed by atoms with Crippen LogP contribution < -0.4 is 38.3 Å². The third-order valence-electron chi connectivity index (χ3n) is 22.6. The maximum atomic E-state index is 12.4. The number of anilines is 1. The van der Waals surface area contributed by atoms with Gasteiger partial charge in [-0.2, -0.15) is 8.42 Å². The van der Waals surface area contributed by atoms with Crippen molar-refractivity contribution in [2.75, 3.05) is 94.0 Å². The molecule has 1 saturated carbocycles. The number of fused-ring (bicyclic) bond motifs is 12. The third-order valence-corrected chi connectivity index (χ3v) is 25.7. The van der Waals surface area contributed by atoms with Gasteiger partial charge in [-0.05, 0) is 372 Å². The lowest BCUT2D eigenvalue weighted by molar-refractivity contribution is -0.310. The van der Waals surface area contributed by atoms with E-state index in [4.69, 9.17) is 52.2 Å². The number of ether oxygens (including phenoxy) is 4. The third kappa shape index (κ3) is 35.5. The molecule has 0 radical (unpaired) electrons. The summed E-state index contributed by atoms with van der Waals surface area (Å²) in [5.74, 6) is 5.93. The minimum atomic E-state index is -4.67. The van der Waals surface area contributed by atoms with Crippen molar-refractivity contribution in [3.63, 3.8) is 0 Å². The number of aliphatic hydroxyl groups excluding tert-OH is 1. The van der Waals surface area contributed by atoms with Gasteiger partial charge in [-0.25, -0.2) is 40.5 Å². The van der Waals surface area contributed by atoms with Crippen LogP contribution in [0.2, 0.25) is 0 Å². The van der Waals surface area contributed by atoms with Crippen molar-refractivity contribution < 1.29 is 51.2 Å². The number of hydrogen-bond acceptors (Lipinski definition) is 23. The van der Waals surface area contributed by atoms with Crippen molar-refractivity contribution in [3.8, 4) is 0 Å². The molecule has 3 fully saturated rings. The molecule has 1 spiro atoms. The molecule has 30 nitrogen and oxygen atoms in total. The number of carbonyl (C=O) groups excluding carboxylic acids is 2. The van der Waals surface area contributed by atoms with E-state index >= 15 is 0 Å². The molecule has 10 aromatic rings. The van der Waals surface area contributed by atoms with Crippen LogP contribution in [0.3, 0.4) is 0 Å².